The average Bonchev–Trinajstić information content (AvgIpc) is 2.93. The molecule has 24 heavy (non-hydrogen) atoms. The van der Waals surface area contributed by atoms with Crippen LogP contribution in [0.15, 0.2) is 54.6 Å². The van der Waals surface area contributed by atoms with Crippen LogP contribution in [0.1, 0.15) is 13.8 Å². The number of hydrogen-bond acceptors (Lipinski definition) is 1. The molecule has 3 nitrogen and oxygen atoms in total. The first-order valence-corrected chi connectivity index (χ1v) is 8.38. The number of fused-ring (bicyclic) bond motifs is 3. The minimum Gasteiger partial charge on any atom is -0.469 e. The smallest absolute Gasteiger partial charge is 0.244 e. The van der Waals surface area contributed by atoms with E-state index in [4.69, 9.17) is 4.74 Å². The summed E-state index contributed by atoms with van der Waals surface area (Å²) in [4.78, 5) is 0. The fraction of sp³-hybridized carbons (Fsp3) is 0.190. The molecule has 2 heterocycles. The quantitative estimate of drug-likeness (QED) is 0.343. The zero-order valence-electron chi connectivity index (χ0n) is 13.8. The van der Waals surface area contributed by atoms with Crippen molar-refractivity contribution in [3.05, 3.63) is 60.9 Å². The van der Waals surface area contributed by atoms with Crippen molar-refractivity contribution in [1.82, 2.24) is 4.57 Å². The fourth-order valence-electron chi connectivity index (χ4n) is 3.52. The number of para-hydroxylation sites is 1. The van der Waals surface area contributed by atoms with E-state index >= 15 is 0 Å². The third kappa shape index (κ3) is 1.88. The van der Waals surface area contributed by atoms with E-state index in [9.17, 15) is 0 Å². The lowest BCUT2D eigenvalue weighted by molar-refractivity contribution is -0.575. The molecule has 4 aromatic rings. The van der Waals surface area contributed by atoms with E-state index in [1.807, 2.05) is 6.07 Å². The van der Waals surface area contributed by atoms with Gasteiger partial charge in [0.05, 0.1) is 23.3 Å². The number of imidazole rings is 1. The molecule has 0 fully saturated rings. The predicted octanol–water partition coefficient (Wildman–Crippen LogP) is 4.63. The lowest BCUT2D eigenvalue weighted by Gasteiger charge is -2.21. The Hall–Kier alpha value is -2.81. The number of aromatic nitrogens is 2. The Labute approximate surface area is 140 Å². The summed E-state index contributed by atoms with van der Waals surface area (Å²) in [5.41, 5.74) is 3.32. The van der Waals surface area contributed by atoms with Gasteiger partial charge in [-0.2, -0.15) is 0 Å². The summed E-state index contributed by atoms with van der Waals surface area (Å²) >= 11 is 0. The third-order valence-corrected chi connectivity index (χ3v) is 4.55. The van der Waals surface area contributed by atoms with E-state index in [0.717, 1.165) is 29.2 Å². The second-order valence-electron chi connectivity index (χ2n) is 6.83. The van der Waals surface area contributed by atoms with Crippen molar-refractivity contribution in [3.8, 4) is 17.2 Å². The molecule has 0 radical (unpaired) electrons. The molecule has 0 spiro atoms. The molecule has 0 saturated heterocycles. The summed E-state index contributed by atoms with van der Waals surface area (Å²) in [6, 6.07) is 18.9. The van der Waals surface area contributed by atoms with Crippen LogP contribution >= 0.6 is 0 Å². The Kier molecular flexibility index (Phi) is 2.75. The first kappa shape index (κ1) is 13.6. The maximum Gasteiger partial charge on any atom is 0.244 e. The molecular formula is C21H18N2O. The molecule has 118 valence electrons. The largest absolute Gasteiger partial charge is 0.469 e. The number of rotatable bonds is 2. The van der Waals surface area contributed by atoms with Crippen molar-refractivity contribution in [1.29, 1.82) is 0 Å². The second-order valence-corrected chi connectivity index (χ2v) is 6.83. The summed E-state index contributed by atoms with van der Waals surface area (Å²) < 4.78 is 10.6. The van der Waals surface area contributed by atoms with E-state index in [-0.39, 0.29) is 0 Å². The van der Waals surface area contributed by atoms with Gasteiger partial charge in [-0.05, 0) is 34.9 Å². The number of hydrogen-bond donors (Lipinski definition) is 0. The van der Waals surface area contributed by atoms with E-state index in [1.165, 1.54) is 16.3 Å². The SMILES string of the molecule is CC(C)Cn1[c-][n+]2c3c(cccc31)Oc1cc3ccccc3cc1-2. The molecule has 0 bridgehead atoms. The Balaban J connectivity index is 1.83. The van der Waals surface area contributed by atoms with E-state index in [2.05, 4.69) is 77.8 Å². The van der Waals surface area contributed by atoms with Crippen molar-refractivity contribution >= 4 is 21.8 Å². The molecule has 1 aliphatic heterocycles. The topological polar surface area (TPSA) is 18.0 Å². The zero-order chi connectivity index (χ0) is 16.3. The minimum absolute atomic E-state index is 0.562. The highest BCUT2D eigenvalue weighted by molar-refractivity contribution is 5.88. The van der Waals surface area contributed by atoms with Crippen LogP contribution in [0.2, 0.25) is 0 Å². The van der Waals surface area contributed by atoms with Gasteiger partial charge in [-0.3, -0.25) is 0 Å². The summed E-state index contributed by atoms with van der Waals surface area (Å²) in [5, 5.41) is 2.40. The van der Waals surface area contributed by atoms with Crippen LogP contribution < -0.4 is 9.30 Å². The first-order chi connectivity index (χ1) is 11.7. The Morgan fingerprint density at radius 1 is 1.00 bits per heavy atom. The van der Waals surface area contributed by atoms with Gasteiger partial charge in [0.1, 0.15) is 11.5 Å². The lowest BCUT2D eigenvalue weighted by atomic mass is 10.1. The van der Waals surface area contributed by atoms with Crippen LogP contribution in [0.3, 0.4) is 0 Å². The molecule has 3 heteroatoms. The zero-order valence-corrected chi connectivity index (χ0v) is 13.8. The van der Waals surface area contributed by atoms with Crippen molar-refractivity contribution in [2.45, 2.75) is 20.4 Å². The Morgan fingerprint density at radius 2 is 1.79 bits per heavy atom. The van der Waals surface area contributed by atoms with Gasteiger partial charge < -0.3 is 13.9 Å². The van der Waals surface area contributed by atoms with Gasteiger partial charge in [-0.25, -0.2) is 0 Å². The Bertz CT molecular complexity index is 1090. The first-order valence-electron chi connectivity index (χ1n) is 8.38. The molecular weight excluding hydrogens is 296 g/mol. The molecule has 5 rings (SSSR count). The molecule has 0 aliphatic carbocycles. The minimum atomic E-state index is 0.562. The Morgan fingerprint density at radius 3 is 2.58 bits per heavy atom. The highest BCUT2D eigenvalue weighted by atomic mass is 16.5. The van der Waals surface area contributed by atoms with Gasteiger partial charge in [-0.1, -0.05) is 50.2 Å². The van der Waals surface area contributed by atoms with Crippen molar-refractivity contribution < 1.29 is 9.30 Å². The number of ether oxygens (including phenoxy) is 1. The maximum atomic E-state index is 6.22. The normalized spacial score (nSPS) is 12.6. The van der Waals surface area contributed by atoms with Crippen LogP contribution in [0.5, 0.6) is 11.5 Å². The average molecular weight is 314 g/mol. The van der Waals surface area contributed by atoms with Crippen LogP contribution in [0.25, 0.3) is 27.5 Å². The van der Waals surface area contributed by atoms with Crippen molar-refractivity contribution in [2.75, 3.05) is 0 Å². The van der Waals surface area contributed by atoms with Gasteiger partial charge in [0.2, 0.25) is 6.33 Å². The van der Waals surface area contributed by atoms with Crippen molar-refractivity contribution in [2.24, 2.45) is 5.92 Å². The standard InChI is InChI=1S/C21H18N2O/c1-14(2)12-22-13-23-18-10-15-6-3-4-7-16(15)11-20(18)24-19-9-5-8-17(22)21(19)23/h3-11,14H,12H2,1-2H3. The molecule has 0 amide bonds. The molecule has 0 atom stereocenters. The molecule has 0 unspecified atom stereocenters. The summed E-state index contributed by atoms with van der Waals surface area (Å²) in [6.07, 6.45) is 3.54. The van der Waals surface area contributed by atoms with Crippen LogP contribution in [0, 0.1) is 12.2 Å². The number of benzene rings is 3. The molecule has 1 aliphatic rings. The van der Waals surface area contributed by atoms with Gasteiger partial charge in [-0.15, -0.1) is 0 Å². The summed E-state index contributed by atoms with van der Waals surface area (Å²) in [7, 11) is 0. The predicted molar refractivity (Wildman–Crippen MR) is 94.7 cm³/mol. The maximum absolute atomic E-state index is 6.22. The fourth-order valence-corrected chi connectivity index (χ4v) is 3.52. The lowest BCUT2D eigenvalue weighted by Crippen LogP contribution is -2.32. The van der Waals surface area contributed by atoms with E-state index < -0.39 is 0 Å². The van der Waals surface area contributed by atoms with Gasteiger partial charge in [0, 0.05) is 0 Å². The second kappa shape index (κ2) is 4.84. The van der Waals surface area contributed by atoms with E-state index in [1.54, 1.807) is 0 Å². The van der Waals surface area contributed by atoms with Crippen LogP contribution in [-0.4, -0.2) is 4.57 Å². The summed E-state index contributed by atoms with van der Waals surface area (Å²) in [5.74, 6) is 2.35. The van der Waals surface area contributed by atoms with Crippen LogP contribution in [-0.2, 0) is 6.54 Å². The highest BCUT2D eigenvalue weighted by Gasteiger charge is 2.22. The summed E-state index contributed by atoms with van der Waals surface area (Å²) in [6.45, 7) is 5.40. The molecule has 1 aromatic heterocycles. The third-order valence-electron chi connectivity index (χ3n) is 4.55. The molecule has 0 N–H and O–H groups in total. The van der Waals surface area contributed by atoms with E-state index in [0.29, 0.717) is 5.92 Å². The monoisotopic (exact) mass is 314 g/mol. The van der Waals surface area contributed by atoms with Gasteiger partial charge in [0.15, 0.2) is 0 Å². The highest BCUT2D eigenvalue weighted by Crippen LogP contribution is 2.38. The van der Waals surface area contributed by atoms with Crippen molar-refractivity contribution in [3.63, 3.8) is 0 Å². The molecule has 0 saturated carbocycles. The molecule has 3 aromatic carbocycles. The number of nitrogens with zero attached hydrogens (tertiary/aromatic N) is 2. The van der Waals surface area contributed by atoms with Crippen LogP contribution in [0.4, 0.5) is 0 Å². The van der Waals surface area contributed by atoms with Gasteiger partial charge in [0.25, 0.3) is 0 Å². The van der Waals surface area contributed by atoms with Gasteiger partial charge >= 0.3 is 0 Å².